The zero-order valence-electron chi connectivity index (χ0n) is 19.5. The van der Waals surface area contributed by atoms with Gasteiger partial charge in [-0.3, -0.25) is 9.36 Å². The summed E-state index contributed by atoms with van der Waals surface area (Å²) < 4.78 is 42.1. The first-order valence-electron chi connectivity index (χ1n) is 10.8. The number of rotatable bonds is 13. The minimum Gasteiger partial charge on any atom is -0.469 e. The van der Waals surface area contributed by atoms with Gasteiger partial charge in [0.25, 0.3) is 0 Å². The number of hydrogen-bond acceptors (Lipinski definition) is 7. The molecule has 0 radical (unpaired) electrons. The summed E-state index contributed by atoms with van der Waals surface area (Å²) in [4.78, 5) is 24.3. The van der Waals surface area contributed by atoms with Crippen molar-refractivity contribution in [2.24, 2.45) is 11.7 Å². The molecule has 10 heteroatoms. The lowest BCUT2D eigenvalue weighted by molar-refractivity contribution is -0.141. The van der Waals surface area contributed by atoms with Crippen LogP contribution >= 0.6 is 7.37 Å². The number of halogens is 1. The number of nitrogens with two attached hydrogens (primary N) is 1. The molecule has 0 fully saturated rings. The summed E-state index contributed by atoms with van der Waals surface area (Å²) in [6.07, 6.45) is -1.95. The van der Waals surface area contributed by atoms with Crippen LogP contribution in [0.25, 0.3) is 0 Å². The highest BCUT2D eigenvalue weighted by Crippen LogP contribution is 2.55. The molecule has 4 unspecified atom stereocenters. The van der Waals surface area contributed by atoms with Crippen molar-refractivity contribution in [3.63, 3.8) is 0 Å². The Kier molecular flexibility index (Phi) is 11.9. The average Bonchev–Trinajstić information content (AvgIpc) is 2.75. The SMILES string of the molecule is CCCC(F)OC(=O)NCc1cccc(C(CP(=O)(OCC)C(N)C(C)C)C(=O)OC)c1. The number of nitrogens with one attached hydrogen (secondary N) is 1. The van der Waals surface area contributed by atoms with E-state index in [9.17, 15) is 18.5 Å². The number of benzene rings is 1. The molecule has 0 aromatic heterocycles. The van der Waals surface area contributed by atoms with Crippen LogP contribution in [0.3, 0.4) is 0 Å². The number of alkyl halides is 1. The van der Waals surface area contributed by atoms with Gasteiger partial charge in [0.2, 0.25) is 13.7 Å². The Labute approximate surface area is 189 Å². The molecule has 0 saturated heterocycles. The number of carbonyl (C=O) groups excluding carboxylic acids is 2. The van der Waals surface area contributed by atoms with Gasteiger partial charge in [0, 0.05) is 19.1 Å². The van der Waals surface area contributed by atoms with Crippen molar-refractivity contribution in [2.75, 3.05) is 19.9 Å². The van der Waals surface area contributed by atoms with E-state index in [-0.39, 0.29) is 31.7 Å². The maximum Gasteiger partial charge on any atom is 0.409 e. The van der Waals surface area contributed by atoms with Gasteiger partial charge in [-0.2, -0.15) is 0 Å². The summed E-state index contributed by atoms with van der Waals surface area (Å²) in [7, 11) is -2.12. The van der Waals surface area contributed by atoms with E-state index in [1.54, 1.807) is 38.1 Å². The Morgan fingerprint density at radius 2 is 1.94 bits per heavy atom. The molecule has 0 heterocycles. The molecular formula is C22H36FN2O6P. The van der Waals surface area contributed by atoms with Gasteiger partial charge >= 0.3 is 12.1 Å². The van der Waals surface area contributed by atoms with Crippen LogP contribution in [0.1, 0.15) is 57.6 Å². The fourth-order valence-corrected chi connectivity index (χ4v) is 5.92. The quantitative estimate of drug-likeness (QED) is 0.319. The van der Waals surface area contributed by atoms with Crippen LogP contribution in [0.2, 0.25) is 0 Å². The van der Waals surface area contributed by atoms with E-state index >= 15 is 0 Å². The summed E-state index contributed by atoms with van der Waals surface area (Å²) in [5.41, 5.74) is 7.39. The van der Waals surface area contributed by atoms with Crippen molar-refractivity contribution >= 4 is 19.4 Å². The van der Waals surface area contributed by atoms with Gasteiger partial charge in [-0.1, -0.05) is 45.0 Å². The molecule has 4 atom stereocenters. The molecule has 8 nitrogen and oxygen atoms in total. The average molecular weight is 475 g/mol. The Balaban J connectivity index is 3.05. The number of alkyl carbamates (subject to hydrolysis) is 1. The van der Waals surface area contributed by atoms with Crippen LogP contribution in [0.4, 0.5) is 9.18 Å². The maximum absolute atomic E-state index is 13.6. The molecule has 0 spiro atoms. The molecule has 1 aromatic carbocycles. The van der Waals surface area contributed by atoms with Crippen molar-refractivity contribution in [2.45, 2.75) is 65.1 Å². The second-order valence-electron chi connectivity index (χ2n) is 7.84. The van der Waals surface area contributed by atoms with E-state index in [1.807, 2.05) is 13.8 Å². The standard InChI is InChI=1S/C22H36FN2O6P/c1-6-9-19(23)31-22(27)25-13-16-10-8-11-17(12-16)18(21(26)29-5)14-32(28,30-7-2)20(24)15(3)4/h8,10-12,15,18-20H,6-7,9,13-14,24H2,1-5H3,(H,25,27). The third kappa shape index (κ3) is 8.52. The van der Waals surface area contributed by atoms with E-state index in [0.717, 1.165) is 0 Å². The van der Waals surface area contributed by atoms with Crippen molar-refractivity contribution in [3.05, 3.63) is 35.4 Å². The van der Waals surface area contributed by atoms with Crippen molar-refractivity contribution in [1.82, 2.24) is 5.32 Å². The van der Waals surface area contributed by atoms with Gasteiger partial charge < -0.3 is 25.0 Å². The summed E-state index contributed by atoms with van der Waals surface area (Å²) in [5, 5.41) is 2.48. The third-order valence-corrected chi connectivity index (χ3v) is 8.02. The van der Waals surface area contributed by atoms with E-state index in [0.29, 0.717) is 17.5 Å². The molecule has 3 N–H and O–H groups in total. The largest absolute Gasteiger partial charge is 0.469 e. The number of carbonyl (C=O) groups is 2. The van der Waals surface area contributed by atoms with Gasteiger partial charge in [0.1, 0.15) is 0 Å². The Morgan fingerprint density at radius 1 is 1.25 bits per heavy atom. The summed E-state index contributed by atoms with van der Waals surface area (Å²) in [5.74, 6) is -2.27. The summed E-state index contributed by atoms with van der Waals surface area (Å²) in [6, 6.07) is 6.84. The molecule has 1 rings (SSSR count). The van der Waals surface area contributed by atoms with Crippen LogP contribution in [0.5, 0.6) is 0 Å². The lowest BCUT2D eigenvalue weighted by Gasteiger charge is -2.29. The Morgan fingerprint density at radius 3 is 2.50 bits per heavy atom. The maximum atomic E-state index is 13.6. The lowest BCUT2D eigenvalue weighted by atomic mass is 9.99. The minimum atomic E-state index is -3.38. The minimum absolute atomic E-state index is 0.0635. The second kappa shape index (κ2) is 13.6. The molecule has 0 bridgehead atoms. The van der Waals surface area contributed by atoms with E-state index in [1.165, 1.54) is 7.11 Å². The zero-order valence-corrected chi connectivity index (χ0v) is 20.4. The highest BCUT2D eigenvalue weighted by atomic mass is 31.2. The predicted octanol–water partition coefficient (Wildman–Crippen LogP) is 4.52. The molecule has 32 heavy (non-hydrogen) atoms. The highest BCUT2D eigenvalue weighted by molar-refractivity contribution is 7.59. The van der Waals surface area contributed by atoms with Crippen LogP contribution in [0.15, 0.2) is 24.3 Å². The number of methoxy groups -OCH3 is 1. The van der Waals surface area contributed by atoms with Gasteiger partial charge in [0.05, 0.1) is 25.4 Å². The molecule has 0 aliphatic carbocycles. The first-order valence-corrected chi connectivity index (χ1v) is 12.7. The monoisotopic (exact) mass is 474 g/mol. The normalized spacial score (nSPS) is 16.0. The van der Waals surface area contributed by atoms with Gasteiger partial charge in [-0.15, -0.1) is 0 Å². The van der Waals surface area contributed by atoms with Crippen molar-refractivity contribution < 1.29 is 32.5 Å². The number of ether oxygens (including phenoxy) is 2. The molecule has 1 amide bonds. The topological polar surface area (TPSA) is 117 Å². The molecule has 0 aliphatic heterocycles. The van der Waals surface area contributed by atoms with Crippen molar-refractivity contribution in [3.8, 4) is 0 Å². The van der Waals surface area contributed by atoms with Gasteiger partial charge in [0.15, 0.2) is 0 Å². The van der Waals surface area contributed by atoms with Crippen LogP contribution < -0.4 is 11.1 Å². The number of hydrogen-bond donors (Lipinski definition) is 2. The fourth-order valence-electron chi connectivity index (χ4n) is 3.18. The van der Waals surface area contributed by atoms with Gasteiger partial charge in [-0.25, -0.2) is 9.18 Å². The fraction of sp³-hybridized carbons (Fsp3) is 0.636. The van der Waals surface area contributed by atoms with Crippen molar-refractivity contribution in [1.29, 1.82) is 0 Å². The van der Waals surface area contributed by atoms with E-state index in [2.05, 4.69) is 10.1 Å². The first kappa shape index (κ1) is 28.1. The lowest BCUT2D eigenvalue weighted by Crippen LogP contribution is -2.31. The summed E-state index contributed by atoms with van der Waals surface area (Å²) >= 11 is 0. The molecule has 0 aliphatic rings. The smallest absolute Gasteiger partial charge is 0.409 e. The summed E-state index contributed by atoms with van der Waals surface area (Å²) in [6.45, 7) is 7.46. The third-order valence-electron chi connectivity index (χ3n) is 4.95. The predicted molar refractivity (Wildman–Crippen MR) is 121 cm³/mol. The first-order chi connectivity index (χ1) is 15.1. The second-order valence-corrected chi connectivity index (χ2v) is 10.5. The zero-order chi connectivity index (χ0) is 24.3. The molecule has 182 valence electrons. The van der Waals surface area contributed by atoms with Crippen LogP contribution in [-0.2, 0) is 29.9 Å². The van der Waals surface area contributed by atoms with E-state index in [4.69, 9.17) is 15.0 Å². The number of amides is 1. The number of esters is 1. The van der Waals surface area contributed by atoms with Crippen LogP contribution in [-0.4, -0.2) is 44.1 Å². The van der Waals surface area contributed by atoms with Gasteiger partial charge in [-0.05, 0) is 30.4 Å². The van der Waals surface area contributed by atoms with Crippen LogP contribution in [0, 0.1) is 5.92 Å². The van der Waals surface area contributed by atoms with E-state index < -0.39 is 37.5 Å². The molecule has 1 aromatic rings. The Hall–Kier alpha value is -1.96. The Bertz CT molecular complexity index is 791. The highest BCUT2D eigenvalue weighted by Gasteiger charge is 2.39. The molecule has 0 saturated carbocycles. The molecular weight excluding hydrogens is 438 g/mol.